The van der Waals surface area contributed by atoms with Gasteiger partial charge < -0.3 is 9.84 Å². The van der Waals surface area contributed by atoms with E-state index in [1.807, 2.05) is 0 Å². The fraction of sp³-hybridized carbons (Fsp3) is 0.455. The maximum atomic E-state index is 10.5. The minimum Gasteiger partial charge on any atom is -0.388 e. The summed E-state index contributed by atoms with van der Waals surface area (Å²) in [6.45, 7) is 1.23. The lowest BCUT2D eigenvalue weighted by molar-refractivity contribution is -0.384. The van der Waals surface area contributed by atoms with Gasteiger partial charge in [-0.3, -0.25) is 10.1 Å². The Morgan fingerprint density at radius 3 is 2.62 bits per heavy atom. The first-order chi connectivity index (χ1) is 7.68. The molecule has 5 nitrogen and oxygen atoms in total. The van der Waals surface area contributed by atoms with Crippen LogP contribution in [0.1, 0.15) is 18.1 Å². The van der Waals surface area contributed by atoms with Crippen molar-refractivity contribution in [1.82, 2.24) is 0 Å². The van der Waals surface area contributed by atoms with Crippen molar-refractivity contribution in [2.45, 2.75) is 12.5 Å². The molecule has 1 aromatic rings. The van der Waals surface area contributed by atoms with Crippen molar-refractivity contribution in [2.24, 2.45) is 5.92 Å². The molecule has 2 rings (SSSR count). The summed E-state index contributed by atoms with van der Waals surface area (Å²) in [5.74, 6) is 0.0986. The quantitative estimate of drug-likeness (QED) is 0.624. The summed E-state index contributed by atoms with van der Waals surface area (Å²) in [4.78, 5) is 10.0. The maximum absolute atomic E-state index is 10.5. The fourth-order valence-corrected chi connectivity index (χ4v) is 1.87. The number of nitro benzene ring substituents is 1. The van der Waals surface area contributed by atoms with E-state index in [-0.39, 0.29) is 11.6 Å². The molecule has 1 N–H and O–H groups in total. The second-order valence-electron chi connectivity index (χ2n) is 3.92. The highest BCUT2D eigenvalue weighted by Crippen LogP contribution is 2.29. The largest absolute Gasteiger partial charge is 0.388 e. The predicted octanol–water partition coefficient (Wildman–Crippen LogP) is 1.66. The van der Waals surface area contributed by atoms with Crippen LogP contribution in [0.25, 0.3) is 0 Å². The van der Waals surface area contributed by atoms with Crippen molar-refractivity contribution in [3.63, 3.8) is 0 Å². The standard InChI is InChI=1S/C11H13NO4/c13-11(9-5-6-16-7-9)8-1-3-10(4-2-8)12(14)15/h1-4,9,11,13H,5-7H2/t9-,11+/m1/s1. The minimum absolute atomic E-state index is 0.0404. The van der Waals surface area contributed by atoms with Gasteiger partial charge in [0.15, 0.2) is 0 Å². The zero-order valence-corrected chi connectivity index (χ0v) is 8.70. The summed E-state index contributed by atoms with van der Waals surface area (Å²) in [5.41, 5.74) is 0.750. The van der Waals surface area contributed by atoms with Gasteiger partial charge in [0.25, 0.3) is 5.69 Å². The van der Waals surface area contributed by atoms with E-state index in [9.17, 15) is 15.2 Å². The number of non-ortho nitro benzene ring substituents is 1. The van der Waals surface area contributed by atoms with Crippen molar-refractivity contribution < 1.29 is 14.8 Å². The number of ether oxygens (including phenoxy) is 1. The van der Waals surface area contributed by atoms with E-state index in [1.165, 1.54) is 12.1 Å². The SMILES string of the molecule is O=[N+]([O-])c1ccc([C@H](O)[C@@H]2CCOC2)cc1. The van der Waals surface area contributed by atoms with Gasteiger partial charge in [-0.15, -0.1) is 0 Å². The molecule has 5 heteroatoms. The van der Waals surface area contributed by atoms with Crippen LogP contribution in [-0.2, 0) is 4.74 Å². The number of rotatable bonds is 3. The Morgan fingerprint density at radius 2 is 2.12 bits per heavy atom. The third-order valence-electron chi connectivity index (χ3n) is 2.86. The highest BCUT2D eigenvalue weighted by Gasteiger charge is 2.25. The van der Waals surface area contributed by atoms with E-state index >= 15 is 0 Å². The van der Waals surface area contributed by atoms with Crippen LogP contribution in [0.3, 0.4) is 0 Å². The van der Waals surface area contributed by atoms with Crippen molar-refractivity contribution >= 4 is 5.69 Å². The second kappa shape index (κ2) is 4.59. The van der Waals surface area contributed by atoms with Crippen LogP contribution in [0.2, 0.25) is 0 Å². The summed E-state index contributed by atoms with van der Waals surface area (Å²) in [6.07, 6.45) is 0.237. The predicted molar refractivity (Wildman–Crippen MR) is 57.0 cm³/mol. The average molecular weight is 223 g/mol. The van der Waals surface area contributed by atoms with Crippen LogP contribution in [0.5, 0.6) is 0 Å². The molecule has 0 spiro atoms. The molecule has 1 aliphatic rings. The molecule has 0 aliphatic carbocycles. The Balaban J connectivity index is 2.11. The van der Waals surface area contributed by atoms with Crippen molar-refractivity contribution in [2.75, 3.05) is 13.2 Å². The van der Waals surface area contributed by atoms with Gasteiger partial charge in [0.2, 0.25) is 0 Å². The summed E-state index contributed by atoms with van der Waals surface area (Å²) in [6, 6.07) is 6.02. The summed E-state index contributed by atoms with van der Waals surface area (Å²) in [5, 5.41) is 20.5. The maximum Gasteiger partial charge on any atom is 0.269 e. The molecule has 16 heavy (non-hydrogen) atoms. The molecule has 0 bridgehead atoms. The van der Waals surface area contributed by atoms with Crippen LogP contribution < -0.4 is 0 Å². The number of nitro groups is 1. The minimum atomic E-state index is -0.594. The zero-order valence-electron chi connectivity index (χ0n) is 8.70. The summed E-state index contributed by atoms with van der Waals surface area (Å²) >= 11 is 0. The number of nitrogens with zero attached hydrogens (tertiary/aromatic N) is 1. The molecule has 1 saturated heterocycles. The van der Waals surface area contributed by atoms with E-state index < -0.39 is 11.0 Å². The lowest BCUT2D eigenvalue weighted by atomic mass is 9.95. The first kappa shape index (κ1) is 11.0. The molecule has 0 unspecified atom stereocenters. The molecule has 86 valence electrons. The topological polar surface area (TPSA) is 72.6 Å². The monoisotopic (exact) mass is 223 g/mol. The van der Waals surface area contributed by atoms with Crippen LogP contribution in [0.4, 0.5) is 5.69 Å². The lowest BCUT2D eigenvalue weighted by Gasteiger charge is -2.16. The zero-order chi connectivity index (χ0) is 11.5. The van der Waals surface area contributed by atoms with Crippen molar-refractivity contribution in [1.29, 1.82) is 0 Å². The molecule has 0 saturated carbocycles. The highest BCUT2D eigenvalue weighted by molar-refractivity contribution is 5.33. The third kappa shape index (κ3) is 2.20. The highest BCUT2D eigenvalue weighted by atomic mass is 16.6. The first-order valence-electron chi connectivity index (χ1n) is 5.18. The van der Waals surface area contributed by atoms with Gasteiger partial charge in [-0.2, -0.15) is 0 Å². The normalized spacial score (nSPS) is 21.9. The Hall–Kier alpha value is -1.46. The van der Waals surface area contributed by atoms with E-state index in [4.69, 9.17) is 4.74 Å². The number of benzene rings is 1. The summed E-state index contributed by atoms with van der Waals surface area (Å²) < 4.78 is 5.19. The van der Waals surface area contributed by atoms with Gasteiger partial charge in [0.05, 0.1) is 17.6 Å². The molecule has 0 aromatic heterocycles. The Labute approximate surface area is 92.8 Å². The number of aliphatic hydroxyl groups excluding tert-OH is 1. The molecule has 2 atom stereocenters. The molecule has 0 amide bonds. The Bertz CT molecular complexity index is 370. The van der Waals surface area contributed by atoms with Crippen molar-refractivity contribution in [3.8, 4) is 0 Å². The van der Waals surface area contributed by atoms with E-state index in [0.29, 0.717) is 18.8 Å². The van der Waals surface area contributed by atoms with Gasteiger partial charge in [-0.1, -0.05) is 0 Å². The molecule has 1 aliphatic heterocycles. The molecule has 1 aromatic carbocycles. The lowest BCUT2D eigenvalue weighted by Crippen LogP contribution is -2.12. The van der Waals surface area contributed by atoms with Crippen LogP contribution >= 0.6 is 0 Å². The first-order valence-corrected chi connectivity index (χ1v) is 5.18. The Kier molecular flexibility index (Phi) is 3.17. The molecule has 0 radical (unpaired) electrons. The number of hydrogen-bond acceptors (Lipinski definition) is 4. The van der Waals surface area contributed by atoms with Gasteiger partial charge in [0, 0.05) is 24.7 Å². The Morgan fingerprint density at radius 1 is 1.44 bits per heavy atom. The van der Waals surface area contributed by atoms with Crippen molar-refractivity contribution in [3.05, 3.63) is 39.9 Å². The van der Waals surface area contributed by atoms with Crippen LogP contribution in [0, 0.1) is 16.0 Å². The van der Waals surface area contributed by atoms with Gasteiger partial charge in [-0.05, 0) is 24.1 Å². The van der Waals surface area contributed by atoms with Gasteiger partial charge in [0.1, 0.15) is 0 Å². The van der Waals surface area contributed by atoms with Crippen LogP contribution in [-0.4, -0.2) is 23.2 Å². The van der Waals surface area contributed by atoms with Gasteiger partial charge >= 0.3 is 0 Å². The smallest absolute Gasteiger partial charge is 0.269 e. The number of hydrogen-bond donors (Lipinski definition) is 1. The molecular weight excluding hydrogens is 210 g/mol. The van der Waals surface area contributed by atoms with E-state index in [2.05, 4.69) is 0 Å². The van der Waals surface area contributed by atoms with Crippen LogP contribution in [0.15, 0.2) is 24.3 Å². The third-order valence-corrected chi connectivity index (χ3v) is 2.86. The number of aliphatic hydroxyl groups is 1. The van der Waals surface area contributed by atoms with Gasteiger partial charge in [-0.25, -0.2) is 0 Å². The second-order valence-corrected chi connectivity index (χ2v) is 3.92. The molecular formula is C11H13NO4. The average Bonchev–Trinajstić information content (AvgIpc) is 2.81. The molecule has 1 fully saturated rings. The van der Waals surface area contributed by atoms with E-state index in [0.717, 1.165) is 6.42 Å². The van der Waals surface area contributed by atoms with E-state index in [1.54, 1.807) is 12.1 Å². The summed E-state index contributed by atoms with van der Waals surface area (Å²) in [7, 11) is 0. The fourth-order valence-electron chi connectivity index (χ4n) is 1.87. The molecule has 1 heterocycles.